The number of alkyl halides is 1. The second-order valence-corrected chi connectivity index (χ2v) is 4.24. The summed E-state index contributed by atoms with van der Waals surface area (Å²) in [5.74, 6) is 0.773. The van der Waals surface area contributed by atoms with Gasteiger partial charge in [-0.25, -0.2) is 0 Å². The molecule has 2 heteroatoms. The summed E-state index contributed by atoms with van der Waals surface area (Å²) in [5.41, 5.74) is 0.566. The Bertz CT molecular complexity index is 130. The molecule has 0 amide bonds. The first kappa shape index (κ1) is 9.97. The molecule has 1 rings (SSSR count). The third-order valence-electron chi connectivity index (χ3n) is 3.08. The van der Waals surface area contributed by atoms with E-state index in [1.807, 2.05) is 0 Å². The summed E-state index contributed by atoms with van der Waals surface area (Å²) in [6.45, 7) is 6.30. The van der Waals surface area contributed by atoms with Crippen LogP contribution < -0.4 is 5.32 Å². The van der Waals surface area contributed by atoms with Crippen molar-refractivity contribution in [3.63, 3.8) is 0 Å². The molecular formula is C10H20FN. The minimum atomic E-state index is -0.193. The van der Waals surface area contributed by atoms with Gasteiger partial charge >= 0.3 is 0 Å². The molecule has 0 heterocycles. The Labute approximate surface area is 74.7 Å². The van der Waals surface area contributed by atoms with Crippen molar-refractivity contribution >= 4 is 0 Å². The largest absolute Gasteiger partial charge is 0.316 e. The maximum atomic E-state index is 11.7. The van der Waals surface area contributed by atoms with Crippen LogP contribution in [0.4, 0.5) is 4.39 Å². The molecule has 0 radical (unpaired) electrons. The van der Waals surface area contributed by atoms with Gasteiger partial charge in [0.15, 0.2) is 0 Å². The molecule has 0 saturated heterocycles. The van der Waals surface area contributed by atoms with Gasteiger partial charge in [0.05, 0.1) is 6.67 Å². The quantitative estimate of drug-likeness (QED) is 0.608. The summed E-state index contributed by atoms with van der Waals surface area (Å²) in [6, 6.07) is 0. The zero-order valence-corrected chi connectivity index (χ0v) is 8.20. The lowest BCUT2D eigenvalue weighted by Gasteiger charge is -2.19. The minimum Gasteiger partial charge on any atom is -0.316 e. The third-order valence-corrected chi connectivity index (χ3v) is 3.08. The lowest BCUT2D eigenvalue weighted by atomic mass is 9.92. The van der Waals surface area contributed by atoms with Crippen LogP contribution >= 0.6 is 0 Å². The molecule has 1 nitrogen and oxygen atoms in total. The van der Waals surface area contributed by atoms with Gasteiger partial charge in [0.2, 0.25) is 0 Å². The summed E-state index contributed by atoms with van der Waals surface area (Å²) in [6.07, 6.45) is 3.37. The third kappa shape index (κ3) is 2.44. The smallest absolute Gasteiger partial charge is 0.0906 e. The van der Waals surface area contributed by atoms with Gasteiger partial charge in [-0.05, 0) is 37.1 Å². The Morgan fingerprint density at radius 1 is 1.42 bits per heavy atom. The van der Waals surface area contributed by atoms with Gasteiger partial charge in [-0.15, -0.1) is 0 Å². The predicted octanol–water partition coefficient (Wildman–Crippen LogP) is 2.37. The normalized spacial score (nSPS) is 20.0. The van der Waals surface area contributed by atoms with Crippen LogP contribution in [-0.4, -0.2) is 19.8 Å². The molecule has 12 heavy (non-hydrogen) atoms. The number of hydrogen-bond acceptors (Lipinski definition) is 1. The van der Waals surface area contributed by atoms with Gasteiger partial charge in [-0.3, -0.25) is 4.39 Å². The highest BCUT2D eigenvalue weighted by Crippen LogP contribution is 2.51. The first-order valence-corrected chi connectivity index (χ1v) is 4.98. The standard InChI is InChI=1S/C10H20FN/c1-9(2)10(4-5-10)8-12-7-3-6-11/h9,12H,3-8H2,1-2H3. The Kier molecular flexibility index (Phi) is 3.51. The Balaban J connectivity index is 2.06. The van der Waals surface area contributed by atoms with Gasteiger partial charge in [-0.2, -0.15) is 0 Å². The van der Waals surface area contributed by atoms with Crippen molar-refractivity contribution in [3.8, 4) is 0 Å². The van der Waals surface area contributed by atoms with Crippen molar-refractivity contribution in [2.24, 2.45) is 11.3 Å². The van der Waals surface area contributed by atoms with Crippen molar-refractivity contribution in [1.29, 1.82) is 0 Å². The Morgan fingerprint density at radius 3 is 2.50 bits per heavy atom. The van der Waals surface area contributed by atoms with Crippen molar-refractivity contribution in [2.75, 3.05) is 19.8 Å². The summed E-state index contributed by atoms with van der Waals surface area (Å²) in [5, 5.41) is 3.33. The van der Waals surface area contributed by atoms with E-state index in [9.17, 15) is 4.39 Å². The molecule has 1 fully saturated rings. The second-order valence-electron chi connectivity index (χ2n) is 4.24. The molecule has 1 aliphatic rings. The topological polar surface area (TPSA) is 12.0 Å². The fourth-order valence-electron chi connectivity index (χ4n) is 1.65. The Morgan fingerprint density at radius 2 is 2.08 bits per heavy atom. The van der Waals surface area contributed by atoms with Crippen LogP contribution in [0.5, 0.6) is 0 Å². The first-order valence-electron chi connectivity index (χ1n) is 4.98. The van der Waals surface area contributed by atoms with E-state index >= 15 is 0 Å². The van der Waals surface area contributed by atoms with Gasteiger partial charge < -0.3 is 5.32 Å². The molecule has 0 aromatic heterocycles. The molecule has 0 atom stereocenters. The monoisotopic (exact) mass is 173 g/mol. The summed E-state index contributed by atoms with van der Waals surface area (Å²) >= 11 is 0. The lowest BCUT2D eigenvalue weighted by Crippen LogP contribution is -2.28. The van der Waals surface area contributed by atoms with E-state index in [0.717, 1.165) is 19.0 Å². The second kappa shape index (κ2) is 4.22. The molecule has 0 aliphatic heterocycles. The fraction of sp³-hybridized carbons (Fsp3) is 1.00. The highest BCUT2D eigenvalue weighted by Gasteiger charge is 2.44. The van der Waals surface area contributed by atoms with E-state index in [2.05, 4.69) is 19.2 Å². The lowest BCUT2D eigenvalue weighted by molar-refractivity contribution is 0.334. The molecule has 72 valence electrons. The van der Waals surface area contributed by atoms with Crippen LogP contribution in [0.1, 0.15) is 33.1 Å². The zero-order chi connectivity index (χ0) is 9.03. The maximum absolute atomic E-state index is 11.7. The molecule has 0 unspecified atom stereocenters. The zero-order valence-electron chi connectivity index (χ0n) is 8.20. The Hall–Kier alpha value is -0.110. The number of rotatable bonds is 6. The highest BCUT2D eigenvalue weighted by atomic mass is 19.1. The molecular weight excluding hydrogens is 153 g/mol. The van der Waals surface area contributed by atoms with E-state index in [4.69, 9.17) is 0 Å². The maximum Gasteiger partial charge on any atom is 0.0906 e. The molecule has 1 aliphatic carbocycles. The van der Waals surface area contributed by atoms with Crippen LogP contribution in [0.25, 0.3) is 0 Å². The van der Waals surface area contributed by atoms with E-state index < -0.39 is 0 Å². The van der Waals surface area contributed by atoms with E-state index in [-0.39, 0.29) is 6.67 Å². The predicted molar refractivity (Wildman–Crippen MR) is 50.0 cm³/mol. The number of hydrogen-bond donors (Lipinski definition) is 1. The molecule has 1 saturated carbocycles. The van der Waals surface area contributed by atoms with E-state index in [0.29, 0.717) is 11.8 Å². The first-order chi connectivity index (χ1) is 5.71. The average molecular weight is 173 g/mol. The van der Waals surface area contributed by atoms with Gasteiger partial charge in [-0.1, -0.05) is 13.8 Å². The fourth-order valence-corrected chi connectivity index (χ4v) is 1.65. The summed E-state index contributed by atoms with van der Waals surface area (Å²) < 4.78 is 11.7. The molecule has 1 N–H and O–H groups in total. The summed E-state index contributed by atoms with van der Waals surface area (Å²) in [7, 11) is 0. The SMILES string of the molecule is CC(C)C1(CNCCCF)CC1. The van der Waals surface area contributed by atoms with Crippen molar-refractivity contribution in [3.05, 3.63) is 0 Å². The van der Waals surface area contributed by atoms with E-state index in [1.165, 1.54) is 12.8 Å². The van der Waals surface area contributed by atoms with Crippen LogP contribution in [0.2, 0.25) is 0 Å². The molecule has 0 bridgehead atoms. The van der Waals surface area contributed by atoms with Crippen molar-refractivity contribution in [2.45, 2.75) is 33.1 Å². The van der Waals surface area contributed by atoms with Gasteiger partial charge in [0.25, 0.3) is 0 Å². The van der Waals surface area contributed by atoms with Gasteiger partial charge in [0, 0.05) is 6.54 Å². The van der Waals surface area contributed by atoms with Crippen LogP contribution in [-0.2, 0) is 0 Å². The average Bonchev–Trinajstić information content (AvgIpc) is 2.79. The highest BCUT2D eigenvalue weighted by molar-refractivity contribution is 4.96. The number of nitrogens with one attached hydrogen (secondary N) is 1. The van der Waals surface area contributed by atoms with Gasteiger partial charge in [0.1, 0.15) is 0 Å². The van der Waals surface area contributed by atoms with Crippen LogP contribution in [0.3, 0.4) is 0 Å². The molecule has 0 aromatic carbocycles. The molecule has 0 spiro atoms. The van der Waals surface area contributed by atoms with Crippen molar-refractivity contribution in [1.82, 2.24) is 5.32 Å². The van der Waals surface area contributed by atoms with Crippen LogP contribution in [0, 0.1) is 11.3 Å². The van der Waals surface area contributed by atoms with Crippen LogP contribution in [0.15, 0.2) is 0 Å². The van der Waals surface area contributed by atoms with E-state index in [1.54, 1.807) is 0 Å². The number of halogens is 1. The molecule has 0 aromatic rings. The van der Waals surface area contributed by atoms with Crippen molar-refractivity contribution < 1.29 is 4.39 Å². The summed E-state index contributed by atoms with van der Waals surface area (Å²) in [4.78, 5) is 0. The minimum absolute atomic E-state index is 0.193.